The Labute approximate surface area is 129 Å². The topological polar surface area (TPSA) is 86.7 Å². The predicted molar refractivity (Wildman–Crippen MR) is 83.4 cm³/mol. The summed E-state index contributed by atoms with van der Waals surface area (Å²) in [7, 11) is -0.0903. The summed E-state index contributed by atoms with van der Waals surface area (Å²) in [5, 5.41) is 10.5. The van der Waals surface area contributed by atoms with Crippen LogP contribution in [0.3, 0.4) is 0 Å². The van der Waals surface area contributed by atoms with Crippen LogP contribution in [-0.2, 0) is 10.0 Å². The van der Waals surface area contributed by atoms with Gasteiger partial charge in [-0.2, -0.15) is 0 Å². The first-order valence-corrected chi connectivity index (χ1v) is 8.97. The lowest BCUT2D eigenvalue weighted by molar-refractivity contribution is 0.0698. The van der Waals surface area contributed by atoms with Gasteiger partial charge in [-0.25, -0.2) is 17.9 Å². The lowest BCUT2D eigenvalue weighted by Gasteiger charge is -2.23. The maximum absolute atomic E-state index is 12.4. The monoisotopic (exact) mass is 334 g/mol. The van der Waals surface area contributed by atoms with Crippen molar-refractivity contribution in [3.63, 3.8) is 0 Å². The van der Waals surface area contributed by atoms with Gasteiger partial charge in [0, 0.05) is 12.6 Å². The Morgan fingerprint density at radius 3 is 2.52 bits per heavy atom. The Kier molecular flexibility index (Phi) is 6.33. The highest BCUT2D eigenvalue weighted by atomic mass is 32.2. The fourth-order valence-corrected chi connectivity index (χ4v) is 4.62. The van der Waals surface area contributed by atoms with Crippen molar-refractivity contribution >= 4 is 27.3 Å². The number of hydrogen-bond acceptors (Lipinski definition) is 5. The van der Waals surface area contributed by atoms with E-state index in [4.69, 9.17) is 5.11 Å². The number of nitrogens with zero attached hydrogens (tertiary/aromatic N) is 1. The summed E-state index contributed by atoms with van der Waals surface area (Å²) in [6.45, 7) is 4.60. The van der Waals surface area contributed by atoms with Crippen molar-refractivity contribution in [2.45, 2.75) is 31.2 Å². The van der Waals surface area contributed by atoms with E-state index >= 15 is 0 Å². The molecule has 6 nitrogen and oxygen atoms in total. The summed E-state index contributed by atoms with van der Waals surface area (Å²) in [6.07, 6.45) is 0.684. The fraction of sp³-hybridized carbons (Fsp3) is 0.615. The molecule has 2 N–H and O–H groups in total. The van der Waals surface area contributed by atoms with Gasteiger partial charge in [0.2, 0.25) is 10.0 Å². The molecule has 0 aliphatic rings. The second-order valence-corrected chi connectivity index (χ2v) is 8.23. The molecule has 0 spiro atoms. The summed E-state index contributed by atoms with van der Waals surface area (Å²) in [5.41, 5.74) is 0. The van der Waals surface area contributed by atoms with Crippen molar-refractivity contribution < 1.29 is 18.3 Å². The van der Waals surface area contributed by atoms with E-state index in [1.165, 1.54) is 11.4 Å². The van der Waals surface area contributed by atoms with Crippen LogP contribution in [0.5, 0.6) is 0 Å². The number of thiophene rings is 1. The van der Waals surface area contributed by atoms with Crippen molar-refractivity contribution in [3.05, 3.63) is 16.3 Å². The van der Waals surface area contributed by atoms with Crippen LogP contribution in [0.25, 0.3) is 0 Å². The van der Waals surface area contributed by atoms with Crippen molar-refractivity contribution in [2.75, 3.05) is 20.6 Å². The SMILES string of the molecule is CC(C)CC(CN(C)C)NS(=O)(=O)c1ccsc1C(=O)O. The first kappa shape index (κ1) is 18.1. The molecular formula is C13H22N2O4S2. The molecule has 1 rings (SSSR count). The second-order valence-electron chi connectivity index (χ2n) is 5.63. The zero-order chi connectivity index (χ0) is 16.2. The fourth-order valence-electron chi connectivity index (χ4n) is 2.12. The number of aromatic carboxylic acids is 1. The van der Waals surface area contributed by atoms with Gasteiger partial charge < -0.3 is 10.0 Å². The van der Waals surface area contributed by atoms with E-state index in [9.17, 15) is 13.2 Å². The van der Waals surface area contributed by atoms with Crippen molar-refractivity contribution in [1.82, 2.24) is 9.62 Å². The molecule has 0 aliphatic carbocycles. The van der Waals surface area contributed by atoms with Crippen LogP contribution in [0.1, 0.15) is 29.9 Å². The Hall–Kier alpha value is -0.960. The summed E-state index contributed by atoms with van der Waals surface area (Å²) < 4.78 is 27.4. The normalized spacial score (nSPS) is 13.8. The minimum Gasteiger partial charge on any atom is -0.477 e. The number of carboxylic acid groups (broad SMARTS) is 1. The van der Waals surface area contributed by atoms with Crippen LogP contribution in [-0.4, -0.2) is 51.1 Å². The Morgan fingerprint density at radius 2 is 2.05 bits per heavy atom. The average molecular weight is 334 g/mol. The van der Waals surface area contributed by atoms with E-state index in [0.29, 0.717) is 18.9 Å². The summed E-state index contributed by atoms with van der Waals surface area (Å²) in [5.74, 6) is -0.891. The predicted octanol–water partition coefficient (Wildman–Crippen LogP) is 1.70. The van der Waals surface area contributed by atoms with E-state index < -0.39 is 16.0 Å². The molecule has 0 amide bonds. The Balaban J connectivity index is 3.00. The molecule has 0 bridgehead atoms. The number of carboxylic acids is 1. The first-order chi connectivity index (χ1) is 9.63. The van der Waals surface area contributed by atoms with Gasteiger partial charge in [-0.05, 0) is 37.9 Å². The molecule has 0 fully saturated rings. The van der Waals surface area contributed by atoms with Crippen LogP contribution in [0.2, 0.25) is 0 Å². The van der Waals surface area contributed by atoms with Crippen molar-refractivity contribution in [3.8, 4) is 0 Å². The number of carbonyl (C=O) groups is 1. The van der Waals surface area contributed by atoms with Gasteiger partial charge in [0.05, 0.1) is 0 Å². The number of likely N-dealkylation sites (N-methyl/N-ethyl adjacent to an activating group) is 1. The van der Waals surface area contributed by atoms with Gasteiger partial charge in [0.15, 0.2) is 0 Å². The maximum Gasteiger partial charge on any atom is 0.347 e. The van der Waals surface area contributed by atoms with E-state index in [1.807, 2.05) is 32.8 Å². The van der Waals surface area contributed by atoms with Gasteiger partial charge in [0.25, 0.3) is 0 Å². The highest BCUT2D eigenvalue weighted by Crippen LogP contribution is 2.22. The molecule has 1 aromatic heterocycles. The third kappa shape index (κ3) is 5.39. The molecule has 1 unspecified atom stereocenters. The number of rotatable bonds is 8. The Morgan fingerprint density at radius 1 is 1.43 bits per heavy atom. The largest absolute Gasteiger partial charge is 0.477 e. The summed E-state index contributed by atoms with van der Waals surface area (Å²) >= 11 is 0.910. The van der Waals surface area contributed by atoms with Gasteiger partial charge in [-0.3, -0.25) is 0 Å². The molecule has 8 heteroatoms. The van der Waals surface area contributed by atoms with Gasteiger partial charge in [-0.1, -0.05) is 13.8 Å². The van der Waals surface area contributed by atoms with Gasteiger partial charge in [0.1, 0.15) is 9.77 Å². The third-order valence-corrected chi connectivity index (χ3v) is 5.37. The van der Waals surface area contributed by atoms with E-state index in [-0.39, 0.29) is 15.8 Å². The zero-order valence-corrected chi connectivity index (χ0v) is 14.3. The molecule has 0 saturated carbocycles. The molecule has 21 heavy (non-hydrogen) atoms. The van der Waals surface area contributed by atoms with Crippen LogP contribution >= 0.6 is 11.3 Å². The minimum atomic E-state index is -3.83. The van der Waals surface area contributed by atoms with E-state index in [0.717, 1.165) is 11.3 Å². The summed E-state index contributed by atoms with van der Waals surface area (Å²) in [6, 6.07) is 1.07. The van der Waals surface area contributed by atoms with Crippen LogP contribution < -0.4 is 4.72 Å². The van der Waals surface area contributed by atoms with Gasteiger partial charge in [-0.15, -0.1) is 11.3 Å². The second kappa shape index (κ2) is 7.35. The molecule has 1 atom stereocenters. The maximum atomic E-state index is 12.4. The highest BCUT2D eigenvalue weighted by molar-refractivity contribution is 7.89. The van der Waals surface area contributed by atoms with E-state index in [2.05, 4.69) is 4.72 Å². The molecule has 1 aromatic rings. The van der Waals surface area contributed by atoms with Gasteiger partial charge >= 0.3 is 5.97 Å². The zero-order valence-electron chi connectivity index (χ0n) is 12.7. The molecule has 0 aliphatic heterocycles. The Bertz CT molecular complexity index is 569. The standard InChI is InChI=1S/C13H22N2O4S2/c1-9(2)7-10(8-15(3)4)14-21(18,19)11-5-6-20-12(11)13(16)17/h5-6,9-10,14H,7-8H2,1-4H3,(H,16,17). The van der Waals surface area contributed by atoms with Crippen LogP contribution in [0.4, 0.5) is 0 Å². The lowest BCUT2D eigenvalue weighted by Crippen LogP contribution is -2.42. The minimum absolute atomic E-state index is 0.157. The third-order valence-electron chi connectivity index (χ3n) is 2.78. The van der Waals surface area contributed by atoms with Crippen LogP contribution in [0.15, 0.2) is 16.3 Å². The molecule has 1 heterocycles. The van der Waals surface area contributed by atoms with Crippen molar-refractivity contribution in [1.29, 1.82) is 0 Å². The number of hydrogen-bond donors (Lipinski definition) is 2. The first-order valence-electron chi connectivity index (χ1n) is 6.61. The molecule has 0 radical (unpaired) electrons. The number of sulfonamides is 1. The molecule has 0 aromatic carbocycles. The van der Waals surface area contributed by atoms with Crippen molar-refractivity contribution in [2.24, 2.45) is 5.92 Å². The molecular weight excluding hydrogens is 312 g/mol. The molecule has 0 saturated heterocycles. The summed E-state index contributed by atoms with van der Waals surface area (Å²) in [4.78, 5) is 12.7. The van der Waals surface area contributed by atoms with Crippen LogP contribution in [0, 0.1) is 5.92 Å². The smallest absolute Gasteiger partial charge is 0.347 e. The van der Waals surface area contributed by atoms with E-state index in [1.54, 1.807) is 0 Å². The quantitative estimate of drug-likeness (QED) is 0.755. The lowest BCUT2D eigenvalue weighted by atomic mass is 10.0. The highest BCUT2D eigenvalue weighted by Gasteiger charge is 2.27. The average Bonchev–Trinajstić information content (AvgIpc) is 2.75. The molecule has 120 valence electrons. The number of nitrogens with one attached hydrogen (secondary N) is 1.